The number of nitrogens with one attached hydrogen (secondary N) is 3. The minimum absolute atomic E-state index is 0.201. The van der Waals surface area contributed by atoms with Crippen molar-refractivity contribution in [3.63, 3.8) is 0 Å². The first-order chi connectivity index (χ1) is 20.7. The third kappa shape index (κ3) is 7.03. The van der Waals surface area contributed by atoms with E-state index in [9.17, 15) is 9.59 Å². The van der Waals surface area contributed by atoms with Gasteiger partial charge < -0.3 is 30.3 Å². The molecule has 8 nitrogen and oxygen atoms in total. The highest BCUT2D eigenvalue weighted by Gasteiger charge is 2.33. The molecule has 3 N–H and O–H groups in total. The maximum Gasteiger partial charge on any atom is 0.318 e. The summed E-state index contributed by atoms with van der Waals surface area (Å²) in [6, 6.07) is 23.7. The highest BCUT2D eigenvalue weighted by atomic mass is 16.2. The van der Waals surface area contributed by atoms with Gasteiger partial charge in [0.15, 0.2) is 0 Å². The van der Waals surface area contributed by atoms with Gasteiger partial charge in [-0.2, -0.15) is 0 Å². The molecule has 43 heavy (non-hydrogen) atoms. The summed E-state index contributed by atoms with van der Waals surface area (Å²) in [4.78, 5) is 37.1. The molecular weight excluding hydrogens is 536 g/mol. The zero-order valence-corrected chi connectivity index (χ0v) is 25.9. The summed E-state index contributed by atoms with van der Waals surface area (Å²) in [6.45, 7) is 4.07. The summed E-state index contributed by atoms with van der Waals surface area (Å²) in [5, 5.41) is 7.39. The molecule has 1 aromatic heterocycles. The van der Waals surface area contributed by atoms with Crippen LogP contribution >= 0.6 is 0 Å². The number of piperidine rings is 1. The summed E-state index contributed by atoms with van der Waals surface area (Å²) in [5.74, 6) is -0.0847. The molecule has 3 aromatic carbocycles. The number of fused-ring (bicyclic) bond motifs is 1. The number of carbonyl (C=O) groups is 2. The van der Waals surface area contributed by atoms with E-state index in [0.717, 1.165) is 52.8 Å². The van der Waals surface area contributed by atoms with E-state index in [1.807, 2.05) is 87.5 Å². The van der Waals surface area contributed by atoms with E-state index in [1.54, 1.807) is 0 Å². The molecule has 5 rings (SSSR count). The van der Waals surface area contributed by atoms with Gasteiger partial charge in [-0.15, -0.1) is 0 Å². The van der Waals surface area contributed by atoms with Crippen LogP contribution in [0.2, 0.25) is 0 Å². The van der Waals surface area contributed by atoms with Crippen LogP contribution in [0.4, 0.5) is 16.2 Å². The molecule has 0 radical (unpaired) electrons. The number of rotatable bonds is 9. The topological polar surface area (TPSA) is 83.7 Å². The van der Waals surface area contributed by atoms with Crippen molar-refractivity contribution >= 4 is 34.2 Å². The Labute approximate surface area is 255 Å². The molecule has 4 aromatic rings. The summed E-state index contributed by atoms with van der Waals surface area (Å²) in [7, 11) is 7.97. The van der Waals surface area contributed by atoms with Gasteiger partial charge in [-0.3, -0.25) is 4.79 Å². The fraction of sp³-hybridized carbons (Fsp3) is 0.371. The van der Waals surface area contributed by atoms with Crippen molar-refractivity contribution in [1.82, 2.24) is 20.1 Å². The molecule has 0 spiro atoms. The second kappa shape index (κ2) is 13.3. The zero-order chi connectivity index (χ0) is 30.5. The smallest absolute Gasteiger partial charge is 0.318 e. The van der Waals surface area contributed by atoms with Crippen molar-refractivity contribution in [2.75, 3.05) is 51.5 Å². The Kier molecular flexibility index (Phi) is 9.36. The lowest BCUT2D eigenvalue weighted by atomic mass is 9.89. The number of aromatic nitrogens is 1. The Balaban J connectivity index is 1.39. The average molecular weight is 581 g/mol. The lowest BCUT2D eigenvalue weighted by molar-refractivity contribution is -0.118. The Hall–Kier alpha value is -4.30. The van der Waals surface area contributed by atoms with Gasteiger partial charge in [0.1, 0.15) is 6.04 Å². The quantitative estimate of drug-likeness (QED) is 0.227. The van der Waals surface area contributed by atoms with Crippen molar-refractivity contribution < 1.29 is 9.59 Å². The van der Waals surface area contributed by atoms with Crippen LogP contribution in [0.3, 0.4) is 0 Å². The number of aromatic amines is 1. The Morgan fingerprint density at radius 2 is 1.65 bits per heavy atom. The van der Waals surface area contributed by atoms with Gasteiger partial charge in [0.2, 0.25) is 5.91 Å². The van der Waals surface area contributed by atoms with Crippen LogP contribution in [0.5, 0.6) is 0 Å². The number of nitrogens with zero attached hydrogens (tertiary/aromatic N) is 3. The number of likely N-dealkylation sites (tertiary alicyclic amines) is 1. The summed E-state index contributed by atoms with van der Waals surface area (Å²) in [5.41, 5.74) is 6.04. The van der Waals surface area contributed by atoms with E-state index < -0.39 is 6.04 Å². The highest BCUT2D eigenvalue weighted by Crippen LogP contribution is 2.32. The zero-order valence-electron chi connectivity index (χ0n) is 25.9. The van der Waals surface area contributed by atoms with E-state index >= 15 is 0 Å². The van der Waals surface area contributed by atoms with E-state index in [4.69, 9.17) is 0 Å². The largest absolute Gasteiger partial charge is 0.376 e. The fourth-order valence-corrected chi connectivity index (χ4v) is 6.18. The maximum absolute atomic E-state index is 14.2. The van der Waals surface area contributed by atoms with Gasteiger partial charge in [-0.1, -0.05) is 61.5 Å². The van der Waals surface area contributed by atoms with Crippen molar-refractivity contribution in [3.05, 3.63) is 95.7 Å². The van der Waals surface area contributed by atoms with Gasteiger partial charge in [0, 0.05) is 56.7 Å². The van der Waals surface area contributed by atoms with E-state index in [-0.39, 0.29) is 17.9 Å². The number of benzene rings is 3. The number of urea groups is 1. The standard InChI is InChI=1S/C35H44N6O2/c1-24(29-22-36-30-14-10-9-13-28(29)30)33(34(42)37-31-21-25(23-39(2)3)15-16-32(31)40(4)5)38-35(43)41-19-17-27(18-20-41)26-11-7-6-8-12-26/h6-16,21-22,24,27,33,36H,17-20,23H2,1-5H3,(H,37,42)(H,38,43). The van der Waals surface area contributed by atoms with Crippen LogP contribution in [-0.2, 0) is 11.3 Å². The lowest BCUT2D eigenvalue weighted by Crippen LogP contribution is -2.53. The summed E-state index contributed by atoms with van der Waals surface area (Å²) in [6.07, 6.45) is 3.75. The SMILES string of the molecule is CC(c1c[nH]c2ccccc12)C(NC(=O)N1CCC(c2ccccc2)CC1)C(=O)Nc1cc(CN(C)C)ccc1N(C)C. The van der Waals surface area contributed by atoms with E-state index in [0.29, 0.717) is 19.0 Å². The monoisotopic (exact) mass is 580 g/mol. The molecule has 2 unspecified atom stereocenters. The molecule has 3 amide bonds. The molecular formula is C35H44N6O2. The van der Waals surface area contributed by atoms with Crippen molar-refractivity contribution in [2.45, 2.75) is 44.2 Å². The molecule has 0 saturated carbocycles. The van der Waals surface area contributed by atoms with Gasteiger partial charge in [0.25, 0.3) is 0 Å². The Bertz CT molecular complexity index is 1540. The third-order valence-corrected chi connectivity index (χ3v) is 8.53. The summed E-state index contributed by atoms with van der Waals surface area (Å²) >= 11 is 0. The molecule has 1 saturated heterocycles. The molecule has 1 fully saturated rings. The van der Waals surface area contributed by atoms with Crippen LogP contribution in [-0.4, -0.2) is 74.0 Å². The van der Waals surface area contributed by atoms with Gasteiger partial charge in [-0.25, -0.2) is 4.79 Å². The minimum Gasteiger partial charge on any atom is -0.376 e. The minimum atomic E-state index is -0.786. The molecule has 226 valence electrons. The van der Waals surface area contributed by atoms with Gasteiger partial charge in [0.05, 0.1) is 11.4 Å². The van der Waals surface area contributed by atoms with Crippen molar-refractivity contribution in [1.29, 1.82) is 0 Å². The number of para-hydroxylation sites is 1. The highest BCUT2D eigenvalue weighted by molar-refractivity contribution is 6.00. The first kappa shape index (κ1) is 30.2. The Morgan fingerprint density at radius 3 is 2.35 bits per heavy atom. The molecule has 8 heteroatoms. The third-order valence-electron chi connectivity index (χ3n) is 8.53. The molecule has 0 bridgehead atoms. The average Bonchev–Trinajstić information content (AvgIpc) is 3.44. The molecule has 1 aliphatic rings. The number of hydrogen-bond acceptors (Lipinski definition) is 4. The fourth-order valence-electron chi connectivity index (χ4n) is 6.18. The van der Waals surface area contributed by atoms with Crippen LogP contribution in [0.15, 0.2) is 79.0 Å². The predicted molar refractivity (Wildman–Crippen MR) is 176 cm³/mol. The molecule has 0 aliphatic carbocycles. The number of amides is 3. The number of anilines is 2. The normalized spacial score (nSPS) is 15.3. The van der Waals surface area contributed by atoms with Gasteiger partial charge in [-0.05, 0) is 67.7 Å². The predicted octanol–water partition coefficient (Wildman–Crippen LogP) is 6.00. The first-order valence-electron chi connectivity index (χ1n) is 15.1. The molecule has 2 atom stereocenters. The van der Waals surface area contributed by atoms with Crippen molar-refractivity contribution in [2.24, 2.45) is 0 Å². The molecule has 2 heterocycles. The number of carbonyl (C=O) groups excluding carboxylic acids is 2. The molecule has 1 aliphatic heterocycles. The van der Waals surface area contributed by atoms with Crippen LogP contribution in [0, 0.1) is 0 Å². The first-order valence-corrected chi connectivity index (χ1v) is 15.1. The van der Waals surface area contributed by atoms with Crippen LogP contribution in [0.25, 0.3) is 10.9 Å². The van der Waals surface area contributed by atoms with Crippen LogP contribution in [0.1, 0.15) is 48.3 Å². The maximum atomic E-state index is 14.2. The Morgan fingerprint density at radius 1 is 0.953 bits per heavy atom. The van der Waals surface area contributed by atoms with Crippen molar-refractivity contribution in [3.8, 4) is 0 Å². The second-order valence-corrected chi connectivity index (χ2v) is 12.2. The summed E-state index contributed by atoms with van der Waals surface area (Å²) < 4.78 is 0. The van der Waals surface area contributed by atoms with E-state index in [2.05, 4.69) is 56.9 Å². The number of H-pyrrole nitrogens is 1. The van der Waals surface area contributed by atoms with E-state index in [1.165, 1.54) is 5.56 Å². The van der Waals surface area contributed by atoms with Gasteiger partial charge >= 0.3 is 6.03 Å². The van der Waals surface area contributed by atoms with Crippen LogP contribution < -0.4 is 15.5 Å². The lowest BCUT2D eigenvalue weighted by Gasteiger charge is -2.34. The second-order valence-electron chi connectivity index (χ2n) is 12.2. The number of hydrogen-bond donors (Lipinski definition) is 3.